The van der Waals surface area contributed by atoms with Crippen molar-refractivity contribution in [2.45, 2.75) is 6.54 Å². The Morgan fingerprint density at radius 3 is 2.83 bits per heavy atom. The zero-order chi connectivity index (χ0) is 9.14. The third-order valence-corrected chi connectivity index (χ3v) is 1.40. The topological polar surface area (TPSA) is 72.8 Å². The molecular formula is C6H8N4O2. The van der Waals surface area contributed by atoms with Gasteiger partial charge in [-0.15, -0.1) is 5.10 Å². The Labute approximate surface area is 68.6 Å². The van der Waals surface area contributed by atoms with Crippen molar-refractivity contribution in [2.75, 3.05) is 7.11 Å². The fourth-order valence-electron chi connectivity index (χ4n) is 0.816. The molecule has 0 aliphatic heterocycles. The summed E-state index contributed by atoms with van der Waals surface area (Å²) in [5, 5.41) is 12.1. The summed E-state index contributed by atoms with van der Waals surface area (Å²) in [6.45, 7) is -0.0595. The van der Waals surface area contributed by atoms with Gasteiger partial charge in [-0.25, -0.2) is 9.36 Å². The highest BCUT2D eigenvalue weighted by atomic mass is 16.5. The first kappa shape index (κ1) is 8.33. The van der Waals surface area contributed by atoms with Gasteiger partial charge in [-0.1, -0.05) is 0 Å². The van der Waals surface area contributed by atoms with E-state index in [0.29, 0.717) is 0 Å². The fraction of sp³-hybridized carbons (Fsp3) is 0.500. The molecule has 0 amide bonds. The van der Waals surface area contributed by atoms with Crippen LogP contribution in [0.3, 0.4) is 0 Å². The van der Waals surface area contributed by atoms with Crippen LogP contribution in [0.4, 0.5) is 0 Å². The Balaban J connectivity index is 3.18. The molecule has 0 aliphatic rings. The lowest BCUT2D eigenvalue weighted by atomic mass is 10.7. The third kappa shape index (κ3) is 1.16. The molecular weight excluding hydrogens is 160 g/mol. The summed E-state index contributed by atoms with van der Waals surface area (Å²) in [5.41, 5.74) is -0.353. The lowest BCUT2D eigenvalue weighted by Gasteiger charge is -1.92. The van der Waals surface area contributed by atoms with Crippen LogP contribution in [0.2, 0.25) is 0 Å². The number of methoxy groups -OCH3 is 1. The van der Waals surface area contributed by atoms with Crippen LogP contribution in [-0.4, -0.2) is 21.5 Å². The first-order valence-electron chi connectivity index (χ1n) is 3.25. The van der Waals surface area contributed by atoms with E-state index in [9.17, 15) is 4.79 Å². The number of aromatic nitrogens is 3. The van der Waals surface area contributed by atoms with Crippen molar-refractivity contribution in [1.82, 2.24) is 14.3 Å². The van der Waals surface area contributed by atoms with Crippen molar-refractivity contribution in [3.63, 3.8) is 0 Å². The van der Waals surface area contributed by atoms with E-state index in [0.717, 1.165) is 4.68 Å². The van der Waals surface area contributed by atoms with E-state index in [-0.39, 0.29) is 18.2 Å². The second-order valence-corrected chi connectivity index (χ2v) is 2.14. The molecule has 0 aromatic carbocycles. The molecule has 0 saturated carbocycles. The summed E-state index contributed by atoms with van der Waals surface area (Å²) in [4.78, 5) is 11.2. The van der Waals surface area contributed by atoms with Crippen LogP contribution in [-0.2, 0) is 13.6 Å². The van der Waals surface area contributed by atoms with E-state index < -0.39 is 0 Å². The first-order valence-corrected chi connectivity index (χ1v) is 3.25. The minimum atomic E-state index is -0.353. The molecule has 64 valence electrons. The average molecular weight is 168 g/mol. The van der Waals surface area contributed by atoms with Gasteiger partial charge in [0.05, 0.1) is 13.2 Å². The first-order chi connectivity index (χ1) is 5.70. The van der Waals surface area contributed by atoms with Crippen LogP contribution in [0.25, 0.3) is 0 Å². The van der Waals surface area contributed by atoms with Crippen molar-refractivity contribution < 1.29 is 4.74 Å². The summed E-state index contributed by atoms with van der Waals surface area (Å²) in [5.74, 6) is 0. The van der Waals surface area contributed by atoms with Crippen LogP contribution in [0, 0.1) is 11.3 Å². The molecule has 0 fully saturated rings. The molecule has 1 aromatic heterocycles. The lowest BCUT2D eigenvalue weighted by Crippen LogP contribution is -2.22. The maximum atomic E-state index is 11.2. The van der Waals surface area contributed by atoms with Gasteiger partial charge < -0.3 is 4.74 Å². The number of ether oxygens (including phenoxy) is 1. The van der Waals surface area contributed by atoms with Crippen molar-refractivity contribution in [2.24, 2.45) is 7.05 Å². The van der Waals surface area contributed by atoms with Crippen molar-refractivity contribution >= 4 is 0 Å². The monoisotopic (exact) mass is 168 g/mol. The molecule has 0 radical (unpaired) electrons. The molecule has 0 saturated heterocycles. The Hall–Kier alpha value is -1.77. The molecule has 12 heavy (non-hydrogen) atoms. The summed E-state index contributed by atoms with van der Waals surface area (Å²) in [6, 6.07) is 2.02. The third-order valence-electron chi connectivity index (χ3n) is 1.40. The SMILES string of the molecule is COc1nn(CC#N)c(=O)n1C. The Morgan fingerprint density at radius 1 is 1.75 bits per heavy atom. The van der Waals surface area contributed by atoms with Gasteiger partial charge in [-0.2, -0.15) is 9.94 Å². The van der Waals surface area contributed by atoms with Crippen LogP contribution in [0.5, 0.6) is 6.01 Å². The Kier molecular flexibility index (Phi) is 2.14. The zero-order valence-electron chi connectivity index (χ0n) is 6.81. The van der Waals surface area contributed by atoms with Crippen LogP contribution >= 0.6 is 0 Å². The van der Waals surface area contributed by atoms with Gasteiger partial charge in [0, 0.05) is 7.05 Å². The quantitative estimate of drug-likeness (QED) is 0.574. The second kappa shape index (κ2) is 3.09. The van der Waals surface area contributed by atoms with Crippen molar-refractivity contribution in [3.8, 4) is 12.1 Å². The molecule has 0 spiro atoms. The zero-order valence-corrected chi connectivity index (χ0v) is 6.81. The summed E-state index contributed by atoms with van der Waals surface area (Å²) >= 11 is 0. The van der Waals surface area contributed by atoms with E-state index in [2.05, 4.69) is 5.10 Å². The highest BCUT2D eigenvalue weighted by Crippen LogP contribution is 1.97. The molecule has 6 nitrogen and oxygen atoms in total. The maximum Gasteiger partial charge on any atom is 0.349 e. The van der Waals surface area contributed by atoms with Crippen molar-refractivity contribution in [3.05, 3.63) is 10.5 Å². The standard InChI is InChI=1S/C6H8N4O2/c1-9-5(12-2)8-10(4-3-7)6(9)11/h4H2,1-2H3. The Morgan fingerprint density at radius 2 is 2.42 bits per heavy atom. The van der Waals surface area contributed by atoms with E-state index >= 15 is 0 Å². The van der Waals surface area contributed by atoms with Crippen molar-refractivity contribution in [1.29, 1.82) is 5.26 Å². The van der Waals surface area contributed by atoms with E-state index in [4.69, 9.17) is 10.00 Å². The van der Waals surface area contributed by atoms with Crippen LogP contribution in [0.1, 0.15) is 0 Å². The smallest absolute Gasteiger partial charge is 0.349 e. The van der Waals surface area contributed by atoms with E-state index in [1.165, 1.54) is 18.7 Å². The number of nitrogens with zero attached hydrogens (tertiary/aromatic N) is 4. The maximum absolute atomic E-state index is 11.2. The fourth-order valence-corrected chi connectivity index (χ4v) is 0.816. The molecule has 1 aromatic rings. The van der Waals surface area contributed by atoms with Gasteiger partial charge in [-0.3, -0.25) is 0 Å². The Bertz CT molecular complexity index is 370. The normalized spacial score (nSPS) is 9.42. The number of nitriles is 1. The van der Waals surface area contributed by atoms with E-state index in [1.807, 2.05) is 6.07 Å². The molecule has 1 heterocycles. The molecule has 0 bridgehead atoms. The summed E-state index contributed by atoms with van der Waals surface area (Å²) < 4.78 is 7.05. The largest absolute Gasteiger partial charge is 0.467 e. The highest BCUT2D eigenvalue weighted by Gasteiger charge is 2.08. The van der Waals surface area contributed by atoms with Gasteiger partial charge in [0.15, 0.2) is 0 Å². The summed E-state index contributed by atoms with van der Waals surface area (Å²) in [6.07, 6.45) is 0. The summed E-state index contributed by atoms with van der Waals surface area (Å²) in [7, 11) is 2.94. The molecule has 0 N–H and O–H groups in total. The molecule has 0 atom stereocenters. The minimum absolute atomic E-state index is 0.0595. The number of rotatable bonds is 2. The lowest BCUT2D eigenvalue weighted by molar-refractivity contribution is 0.361. The van der Waals surface area contributed by atoms with Gasteiger partial charge >= 0.3 is 11.7 Å². The van der Waals surface area contributed by atoms with Crippen LogP contribution < -0.4 is 10.4 Å². The molecule has 1 rings (SSSR count). The number of hydrogen-bond donors (Lipinski definition) is 0. The number of hydrogen-bond acceptors (Lipinski definition) is 4. The highest BCUT2D eigenvalue weighted by molar-refractivity contribution is 4.93. The minimum Gasteiger partial charge on any atom is -0.467 e. The predicted octanol–water partition coefficient (Wildman–Crippen LogP) is -0.886. The van der Waals surface area contributed by atoms with Gasteiger partial charge in [0.2, 0.25) is 0 Å². The van der Waals surface area contributed by atoms with Gasteiger partial charge in [-0.05, 0) is 0 Å². The average Bonchev–Trinajstić information content (AvgIpc) is 2.33. The molecule has 6 heteroatoms. The second-order valence-electron chi connectivity index (χ2n) is 2.14. The predicted molar refractivity (Wildman–Crippen MR) is 39.6 cm³/mol. The van der Waals surface area contributed by atoms with E-state index in [1.54, 1.807) is 0 Å². The van der Waals surface area contributed by atoms with Gasteiger partial charge in [0.1, 0.15) is 6.54 Å². The molecule has 0 aliphatic carbocycles. The van der Waals surface area contributed by atoms with Crippen LogP contribution in [0.15, 0.2) is 4.79 Å². The molecule has 0 unspecified atom stereocenters. The van der Waals surface area contributed by atoms with Gasteiger partial charge in [0.25, 0.3) is 0 Å².